The molecule has 0 atom stereocenters. The number of hydrogen-bond donors (Lipinski definition) is 2. The van der Waals surface area contributed by atoms with Gasteiger partial charge in [0.15, 0.2) is 0 Å². The van der Waals surface area contributed by atoms with Crippen LogP contribution in [0.3, 0.4) is 0 Å². The molecule has 0 aliphatic carbocycles. The summed E-state index contributed by atoms with van der Waals surface area (Å²) in [5.41, 5.74) is 1.43. The molecule has 0 saturated heterocycles. The van der Waals surface area contributed by atoms with E-state index in [2.05, 4.69) is 22.1 Å². The van der Waals surface area contributed by atoms with E-state index in [0.717, 1.165) is 32.4 Å². The lowest BCUT2D eigenvalue weighted by Crippen LogP contribution is -2.18. The number of thiophene rings is 1. The van der Waals surface area contributed by atoms with Crippen molar-refractivity contribution in [3.05, 3.63) is 22.4 Å². The highest BCUT2D eigenvalue weighted by Crippen LogP contribution is 2.05. The number of aliphatic hydroxyl groups is 1. The molecule has 0 saturated carbocycles. The van der Waals surface area contributed by atoms with Crippen LogP contribution in [0, 0.1) is 0 Å². The van der Waals surface area contributed by atoms with Crippen molar-refractivity contribution in [3.8, 4) is 0 Å². The second kappa shape index (κ2) is 7.97. The maximum Gasteiger partial charge on any atom is 0.0431 e. The van der Waals surface area contributed by atoms with E-state index in [1.807, 2.05) is 0 Å². The maximum atomic E-state index is 8.57. The summed E-state index contributed by atoms with van der Waals surface area (Å²) in [6.45, 7) is 2.47. The molecular weight excluding hydrogens is 194 g/mol. The van der Waals surface area contributed by atoms with E-state index >= 15 is 0 Å². The summed E-state index contributed by atoms with van der Waals surface area (Å²) in [6, 6.07) is 2.18. The standard InChI is InChI=1S/C11H19NOS/c13-8-3-1-2-6-12-7-4-11-5-9-14-10-11/h5,9-10,12-13H,1-4,6-8H2. The smallest absolute Gasteiger partial charge is 0.0431 e. The lowest BCUT2D eigenvalue weighted by Gasteiger charge is -2.02. The van der Waals surface area contributed by atoms with Crippen LogP contribution in [-0.4, -0.2) is 24.8 Å². The van der Waals surface area contributed by atoms with Crippen LogP contribution in [0.25, 0.3) is 0 Å². The van der Waals surface area contributed by atoms with Crippen LogP contribution in [0.1, 0.15) is 24.8 Å². The highest BCUT2D eigenvalue weighted by Gasteiger charge is 1.92. The first-order chi connectivity index (χ1) is 6.93. The van der Waals surface area contributed by atoms with Crippen LogP contribution >= 0.6 is 11.3 Å². The Morgan fingerprint density at radius 2 is 2.14 bits per heavy atom. The Hall–Kier alpha value is -0.380. The SMILES string of the molecule is OCCCCCNCCc1ccsc1. The molecule has 1 heterocycles. The molecule has 0 amide bonds. The molecule has 3 heteroatoms. The van der Waals surface area contributed by atoms with Gasteiger partial charge >= 0.3 is 0 Å². The quantitative estimate of drug-likeness (QED) is 0.648. The van der Waals surface area contributed by atoms with Crippen LogP contribution < -0.4 is 5.32 Å². The van der Waals surface area contributed by atoms with E-state index in [4.69, 9.17) is 5.11 Å². The van der Waals surface area contributed by atoms with Gasteiger partial charge in [-0.1, -0.05) is 0 Å². The molecule has 14 heavy (non-hydrogen) atoms. The molecule has 0 radical (unpaired) electrons. The Morgan fingerprint density at radius 3 is 2.86 bits per heavy atom. The average molecular weight is 213 g/mol. The Balaban J connectivity index is 1.85. The fourth-order valence-corrected chi connectivity index (χ4v) is 2.03. The van der Waals surface area contributed by atoms with Crippen LogP contribution in [0.15, 0.2) is 16.8 Å². The fraction of sp³-hybridized carbons (Fsp3) is 0.636. The highest BCUT2D eigenvalue weighted by molar-refractivity contribution is 7.07. The molecule has 0 fully saturated rings. The molecule has 0 spiro atoms. The summed E-state index contributed by atoms with van der Waals surface area (Å²) in [6.07, 6.45) is 4.36. The number of nitrogens with one attached hydrogen (secondary N) is 1. The van der Waals surface area contributed by atoms with Gasteiger partial charge in [0.1, 0.15) is 0 Å². The van der Waals surface area contributed by atoms with Crippen molar-refractivity contribution in [2.24, 2.45) is 0 Å². The third kappa shape index (κ3) is 5.37. The molecule has 1 aromatic rings. The molecule has 0 aromatic carbocycles. The largest absolute Gasteiger partial charge is 0.396 e. The van der Waals surface area contributed by atoms with Gasteiger partial charge in [0, 0.05) is 6.61 Å². The van der Waals surface area contributed by atoms with Crippen LogP contribution in [0.5, 0.6) is 0 Å². The van der Waals surface area contributed by atoms with Crippen LogP contribution in [-0.2, 0) is 6.42 Å². The number of unbranched alkanes of at least 4 members (excludes halogenated alkanes) is 2. The zero-order valence-corrected chi connectivity index (χ0v) is 9.35. The molecule has 0 bridgehead atoms. The van der Waals surface area contributed by atoms with E-state index in [-0.39, 0.29) is 0 Å². The summed E-state index contributed by atoms with van der Waals surface area (Å²) < 4.78 is 0. The first-order valence-electron chi connectivity index (χ1n) is 5.26. The van der Waals surface area contributed by atoms with E-state index in [0.29, 0.717) is 6.61 Å². The summed E-state index contributed by atoms with van der Waals surface area (Å²) >= 11 is 1.76. The van der Waals surface area contributed by atoms with Gasteiger partial charge in [0.05, 0.1) is 0 Å². The summed E-state index contributed by atoms with van der Waals surface area (Å²) in [5.74, 6) is 0. The predicted octanol–water partition coefficient (Wildman–Crippen LogP) is 2.04. The maximum absolute atomic E-state index is 8.57. The third-order valence-electron chi connectivity index (χ3n) is 2.18. The number of rotatable bonds is 8. The van der Waals surface area contributed by atoms with Crippen molar-refractivity contribution in [1.82, 2.24) is 5.32 Å². The number of aliphatic hydroxyl groups excluding tert-OH is 1. The van der Waals surface area contributed by atoms with Crippen molar-refractivity contribution in [3.63, 3.8) is 0 Å². The lowest BCUT2D eigenvalue weighted by atomic mass is 10.2. The first kappa shape index (κ1) is 11.7. The second-order valence-corrected chi connectivity index (χ2v) is 4.20. The minimum atomic E-state index is 0.328. The van der Waals surface area contributed by atoms with Gasteiger partial charge < -0.3 is 10.4 Å². The average Bonchev–Trinajstić information content (AvgIpc) is 2.69. The zero-order valence-electron chi connectivity index (χ0n) is 8.54. The molecule has 0 aliphatic rings. The minimum absolute atomic E-state index is 0.328. The highest BCUT2D eigenvalue weighted by atomic mass is 32.1. The normalized spacial score (nSPS) is 10.6. The van der Waals surface area contributed by atoms with Gasteiger partial charge in [0.25, 0.3) is 0 Å². The summed E-state index contributed by atoms with van der Waals surface area (Å²) in [5, 5.41) is 16.3. The molecule has 0 aliphatic heterocycles. The molecule has 1 rings (SSSR count). The van der Waals surface area contributed by atoms with Gasteiger partial charge in [-0.15, -0.1) is 0 Å². The molecule has 1 aromatic heterocycles. The van der Waals surface area contributed by atoms with Crippen LogP contribution in [0.2, 0.25) is 0 Å². The molecule has 0 unspecified atom stereocenters. The van der Waals surface area contributed by atoms with E-state index in [1.54, 1.807) is 11.3 Å². The van der Waals surface area contributed by atoms with Crippen molar-refractivity contribution in [1.29, 1.82) is 0 Å². The van der Waals surface area contributed by atoms with Gasteiger partial charge in [0.2, 0.25) is 0 Å². The topological polar surface area (TPSA) is 32.3 Å². The first-order valence-corrected chi connectivity index (χ1v) is 6.20. The fourth-order valence-electron chi connectivity index (χ4n) is 1.33. The number of hydrogen-bond acceptors (Lipinski definition) is 3. The van der Waals surface area contributed by atoms with Crippen molar-refractivity contribution in [2.45, 2.75) is 25.7 Å². The van der Waals surface area contributed by atoms with E-state index in [9.17, 15) is 0 Å². The third-order valence-corrected chi connectivity index (χ3v) is 2.91. The molecule has 2 N–H and O–H groups in total. The molecule has 80 valence electrons. The summed E-state index contributed by atoms with van der Waals surface area (Å²) in [4.78, 5) is 0. The van der Waals surface area contributed by atoms with Crippen molar-refractivity contribution >= 4 is 11.3 Å². The van der Waals surface area contributed by atoms with Gasteiger partial charge in [-0.2, -0.15) is 11.3 Å². The van der Waals surface area contributed by atoms with Gasteiger partial charge in [-0.3, -0.25) is 0 Å². The molecule has 2 nitrogen and oxygen atoms in total. The Kier molecular flexibility index (Phi) is 6.66. The van der Waals surface area contributed by atoms with Crippen LogP contribution in [0.4, 0.5) is 0 Å². The predicted molar refractivity (Wildman–Crippen MR) is 61.8 cm³/mol. The Labute approximate surface area is 90.0 Å². The van der Waals surface area contributed by atoms with E-state index < -0.39 is 0 Å². The zero-order chi connectivity index (χ0) is 10.1. The minimum Gasteiger partial charge on any atom is -0.396 e. The van der Waals surface area contributed by atoms with Crippen molar-refractivity contribution in [2.75, 3.05) is 19.7 Å². The molecular formula is C11H19NOS. The summed E-state index contributed by atoms with van der Waals surface area (Å²) in [7, 11) is 0. The van der Waals surface area contributed by atoms with E-state index in [1.165, 1.54) is 12.0 Å². The lowest BCUT2D eigenvalue weighted by molar-refractivity contribution is 0.283. The Bertz CT molecular complexity index is 211. The van der Waals surface area contributed by atoms with Gasteiger partial charge in [-0.05, 0) is 61.2 Å². The Morgan fingerprint density at radius 1 is 1.21 bits per heavy atom. The van der Waals surface area contributed by atoms with Crippen molar-refractivity contribution < 1.29 is 5.11 Å². The van der Waals surface area contributed by atoms with Gasteiger partial charge in [-0.25, -0.2) is 0 Å². The second-order valence-electron chi connectivity index (χ2n) is 3.42. The monoisotopic (exact) mass is 213 g/mol.